The molecule has 6 nitrogen and oxygen atoms in total. The highest BCUT2D eigenvalue weighted by atomic mass is 16.2. The molecule has 1 aromatic rings. The second-order valence-electron chi connectivity index (χ2n) is 6.31. The molecule has 0 aromatic carbocycles. The van der Waals surface area contributed by atoms with Crippen LogP contribution in [0.2, 0.25) is 0 Å². The van der Waals surface area contributed by atoms with Crippen molar-refractivity contribution < 1.29 is 9.59 Å². The van der Waals surface area contributed by atoms with Crippen LogP contribution >= 0.6 is 0 Å². The first-order valence-corrected chi connectivity index (χ1v) is 8.50. The highest BCUT2D eigenvalue weighted by molar-refractivity contribution is 5.80. The fourth-order valence-electron chi connectivity index (χ4n) is 3.34. The van der Waals surface area contributed by atoms with E-state index in [9.17, 15) is 9.59 Å². The van der Waals surface area contributed by atoms with E-state index in [1.807, 2.05) is 11.6 Å². The van der Waals surface area contributed by atoms with E-state index in [1.165, 1.54) is 11.3 Å². The molecule has 1 aromatic heterocycles. The van der Waals surface area contributed by atoms with Gasteiger partial charge in [0.05, 0.1) is 11.6 Å². The lowest BCUT2D eigenvalue weighted by molar-refractivity contribution is -0.133. The number of aryl methyl sites for hydroxylation is 2. The van der Waals surface area contributed by atoms with Crippen LogP contribution in [0, 0.1) is 19.8 Å². The third-order valence-electron chi connectivity index (χ3n) is 4.74. The van der Waals surface area contributed by atoms with Gasteiger partial charge in [-0.25, -0.2) is 0 Å². The molecule has 1 N–H and O–H groups in total. The van der Waals surface area contributed by atoms with Crippen molar-refractivity contribution in [1.29, 1.82) is 0 Å². The number of rotatable bonds is 5. The molecule has 2 rings (SSSR count). The Kier molecular flexibility index (Phi) is 5.80. The second kappa shape index (κ2) is 7.62. The molecule has 1 fully saturated rings. The first-order valence-electron chi connectivity index (χ1n) is 8.50. The number of hydrogen-bond donors (Lipinski definition) is 1. The van der Waals surface area contributed by atoms with Crippen molar-refractivity contribution in [2.45, 2.75) is 53.5 Å². The summed E-state index contributed by atoms with van der Waals surface area (Å²) in [6.07, 6.45) is 2.56. The average molecular weight is 320 g/mol. The molecule has 128 valence electrons. The minimum Gasteiger partial charge on any atom is -0.355 e. The topological polar surface area (TPSA) is 67.2 Å². The zero-order valence-electron chi connectivity index (χ0n) is 14.7. The van der Waals surface area contributed by atoms with E-state index in [0.29, 0.717) is 13.1 Å². The molecule has 0 spiro atoms. The summed E-state index contributed by atoms with van der Waals surface area (Å²) in [7, 11) is 0. The Morgan fingerprint density at radius 2 is 2.09 bits per heavy atom. The lowest BCUT2D eigenvalue weighted by atomic mass is 9.97. The summed E-state index contributed by atoms with van der Waals surface area (Å²) in [5.41, 5.74) is 3.44. The maximum Gasteiger partial charge on any atom is 0.224 e. The van der Waals surface area contributed by atoms with Gasteiger partial charge in [-0.15, -0.1) is 0 Å². The number of likely N-dealkylation sites (tertiary alicyclic amines) is 1. The Balaban J connectivity index is 1.85. The van der Waals surface area contributed by atoms with Crippen LogP contribution in [0.5, 0.6) is 0 Å². The van der Waals surface area contributed by atoms with Crippen LogP contribution in [0.15, 0.2) is 0 Å². The molecule has 1 saturated heterocycles. The molecule has 2 heterocycles. The van der Waals surface area contributed by atoms with Gasteiger partial charge in [0.2, 0.25) is 11.8 Å². The third-order valence-corrected chi connectivity index (χ3v) is 4.74. The largest absolute Gasteiger partial charge is 0.355 e. The summed E-state index contributed by atoms with van der Waals surface area (Å²) in [6.45, 7) is 10.5. The van der Waals surface area contributed by atoms with Crippen molar-refractivity contribution in [3.63, 3.8) is 0 Å². The zero-order chi connectivity index (χ0) is 17.0. The number of nitrogens with zero attached hydrogens (tertiary/aromatic N) is 3. The number of carbonyl (C=O) groups excluding carboxylic acids is 2. The Morgan fingerprint density at radius 3 is 2.70 bits per heavy atom. The average Bonchev–Trinajstić information content (AvgIpc) is 2.82. The lowest BCUT2D eigenvalue weighted by Crippen LogP contribution is -2.45. The van der Waals surface area contributed by atoms with Crippen molar-refractivity contribution in [1.82, 2.24) is 20.0 Å². The Bertz CT molecular complexity index is 579. The summed E-state index contributed by atoms with van der Waals surface area (Å²) in [4.78, 5) is 25.5. The van der Waals surface area contributed by atoms with Gasteiger partial charge in [-0.3, -0.25) is 14.3 Å². The van der Waals surface area contributed by atoms with E-state index in [4.69, 9.17) is 0 Å². The van der Waals surface area contributed by atoms with Crippen molar-refractivity contribution >= 4 is 11.8 Å². The van der Waals surface area contributed by atoms with Gasteiger partial charge in [0, 0.05) is 38.8 Å². The number of carbonyl (C=O) groups is 2. The van der Waals surface area contributed by atoms with Crippen molar-refractivity contribution in [3.05, 3.63) is 17.0 Å². The number of amides is 2. The van der Waals surface area contributed by atoms with Gasteiger partial charge in [-0.2, -0.15) is 5.10 Å². The number of piperidine rings is 1. The number of nitrogens with one attached hydrogen (secondary N) is 1. The van der Waals surface area contributed by atoms with Crippen LogP contribution in [-0.4, -0.2) is 46.1 Å². The van der Waals surface area contributed by atoms with Crippen molar-refractivity contribution in [2.75, 3.05) is 19.6 Å². The van der Waals surface area contributed by atoms with Gasteiger partial charge in [-0.05, 0) is 45.6 Å². The first kappa shape index (κ1) is 17.5. The van der Waals surface area contributed by atoms with Gasteiger partial charge in [0.1, 0.15) is 0 Å². The molecular formula is C17H28N4O2. The SMILES string of the molecule is CCn1nc(C)c(CCNC(=O)[C@@H]2CCCN(C(C)=O)C2)c1C. The molecule has 1 atom stereocenters. The molecule has 0 aliphatic carbocycles. The van der Waals surface area contributed by atoms with Crippen LogP contribution in [-0.2, 0) is 22.6 Å². The van der Waals surface area contributed by atoms with E-state index in [1.54, 1.807) is 11.8 Å². The van der Waals surface area contributed by atoms with E-state index in [-0.39, 0.29) is 17.7 Å². The summed E-state index contributed by atoms with van der Waals surface area (Å²) in [5.74, 6) is 0.0445. The van der Waals surface area contributed by atoms with Gasteiger partial charge >= 0.3 is 0 Å². The summed E-state index contributed by atoms with van der Waals surface area (Å²) in [5, 5.41) is 7.53. The van der Waals surface area contributed by atoms with Gasteiger partial charge in [0.15, 0.2) is 0 Å². The standard InChI is InChI=1S/C17H28N4O2/c1-5-21-13(3)16(12(2)19-21)8-9-18-17(23)15-7-6-10-20(11-15)14(4)22/h15H,5-11H2,1-4H3,(H,18,23)/t15-/m1/s1. The highest BCUT2D eigenvalue weighted by Crippen LogP contribution is 2.17. The predicted octanol–water partition coefficient (Wildman–Crippen LogP) is 1.44. The zero-order valence-corrected chi connectivity index (χ0v) is 14.7. The Hall–Kier alpha value is -1.85. The molecule has 0 saturated carbocycles. The molecular weight excluding hydrogens is 292 g/mol. The molecule has 0 unspecified atom stereocenters. The van der Waals surface area contributed by atoms with E-state index in [0.717, 1.165) is 38.0 Å². The number of aromatic nitrogens is 2. The van der Waals surface area contributed by atoms with Crippen molar-refractivity contribution in [2.24, 2.45) is 5.92 Å². The van der Waals surface area contributed by atoms with E-state index >= 15 is 0 Å². The molecule has 6 heteroatoms. The van der Waals surface area contributed by atoms with E-state index < -0.39 is 0 Å². The summed E-state index contributed by atoms with van der Waals surface area (Å²) >= 11 is 0. The lowest BCUT2D eigenvalue weighted by Gasteiger charge is -2.31. The molecule has 0 bridgehead atoms. The van der Waals surface area contributed by atoms with Crippen LogP contribution in [0.3, 0.4) is 0 Å². The quantitative estimate of drug-likeness (QED) is 0.892. The molecule has 1 aliphatic rings. The van der Waals surface area contributed by atoms with Gasteiger partial charge in [0.25, 0.3) is 0 Å². The van der Waals surface area contributed by atoms with E-state index in [2.05, 4.69) is 24.3 Å². The maximum atomic E-state index is 12.3. The monoisotopic (exact) mass is 320 g/mol. The molecule has 1 aliphatic heterocycles. The van der Waals surface area contributed by atoms with Crippen LogP contribution in [0.25, 0.3) is 0 Å². The minimum atomic E-state index is -0.0757. The third kappa shape index (κ3) is 4.12. The van der Waals surface area contributed by atoms with Crippen LogP contribution in [0.1, 0.15) is 43.6 Å². The Morgan fingerprint density at radius 1 is 1.35 bits per heavy atom. The molecule has 23 heavy (non-hydrogen) atoms. The van der Waals surface area contributed by atoms with Crippen LogP contribution < -0.4 is 5.32 Å². The fraction of sp³-hybridized carbons (Fsp3) is 0.706. The summed E-state index contributed by atoms with van der Waals surface area (Å²) < 4.78 is 2.00. The van der Waals surface area contributed by atoms with Crippen molar-refractivity contribution in [3.8, 4) is 0 Å². The summed E-state index contributed by atoms with van der Waals surface area (Å²) in [6, 6.07) is 0. The maximum absolute atomic E-state index is 12.3. The first-order chi connectivity index (χ1) is 10.9. The molecule has 0 radical (unpaired) electrons. The fourth-order valence-corrected chi connectivity index (χ4v) is 3.34. The minimum absolute atomic E-state index is 0.0562. The predicted molar refractivity (Wildman–Crippen MR) is 89.1 cm³/mol. The van der Waals surface area contributed by atoms with Gasteiger partial charge < -0.3 is 10.2 Å². The normalized spacial score (nSPS) is 18.1. The van der Waals surface area contributed by atoms with Gasteiger partial charge in [-0.1, -0.05) is 0 Å². The smallest absolute Gasteiger partial charge is 0.224 e. The highest BCUT2D eigenvalue weighted by Gasteiger charge is 2.26. The number of hydrogen-bond acceptors (Lipinski definition) is 3. The Labute approximate surface area is 138 Å². The van der Waals surface area contributed by atoms with Crippen LogP contribution in [0.4, 0.5) is 0 Å². The second-order valence-corrected chi connectivity index (χ2v) is 6.31. The molecule has 2 amide bonds.